The van der Waals surface area contributed by atoms with Crippen molar-refractivity contribution in [2.45, 2.75) is 44.6 Å². The molecule has 3 amide bonds. The van der Waals surface area contributed by atoms with Crippen molar-refractivity contribution in [3.8, 4) is 0 Å². The van der Waals surface area contributed by atoms with Crippen molar-refractivity contribution >= 4 is 11.9 Å². The fraction of sp³-hybridized carbons (Fsp3) is 0.579. The molecule has 136 valence electrons. The number of urea groups is 1. The van der Waals surface area contributed by atoms with Crippen LogP contribution in [0.5, 0.6) is 0 Å². The smallest absolute Gasteiger partial charge is 0.317 e. The van der Waals surface area contributed by atoms with Crippen LogP contribution in [-0.4, -0.2) is 54.0 Å². The molecule has 1 N–H and O–H groups in total. The minimum absolute atomic E-state index is 0.0439. The van der Waals surface area contributed by atoms with Crippen molar-refractivity contribution in [2.75, 3.05) is 26.2 Å². The SMILES string of the molecule is O=C(NCCc1ccccc1F)N1CCN(C2CCCCC2)C(=O)C1. The molecule has 1 aromatic rings. The molecule has 1 aliphatic heterocycles. The molecule has 0 aromatic heterocycles. The number of carbonyl (C=O) groups is 2. The largest absolute Gasteiger partial charge is 0.338 e. The molecule has 3 rings (SSSR count). The normalized spacial score (nSPS) is 19.2. The second kappa shape index (κ2) is 8.32. The molecule has 2 aliphatic rings. The number of carbonyl (C=O) groups excluding carboxylic acids is 2. The van der Waals surface area contributed by atoms with Gasteiger partial charge in [0.2, 0.25) is 5.91 Å². The third kappa shape index (κ3) is 4.50. The standard InChI is InChI=1S/C19H26FN3O2/c20-17-9-5-4-6-15(17)10-11-21-19(25)22-12-13-23(18(24)14-22)16-7-2-1-3-8-16/h4-6,9,16H,1-3,7-8,10-14H2,(H,21,25). The Kier molecular flexibility index (Phi) is 5.89. The Morgan fingerprint density at radius 2 is 1.92 bits per heavy atom. The lowest BCUT2D eigenvalue weighted by Gasteiger charge is -2.40. The van der Waals surface area contributed by atoms with Gasteiger partial charge < -0.3 is 15.1 Å². The maximum Gasteiger partial charge on any atom is 0.317 e. The average Bonchev–Trinajstić information content (AvgIpc) is 2.64. The van der Waals surface area contributed by atoms with Gasteiger partial charge in [-0.15, -0.1) is 0 Å². The predicted octanol–water partition coefficient (Wildman–Crippen LogP) is 2.55. The second-order valence-corrected chi connectivity index (χ2v) is 6.87. The summed E-state index contributed by atoms with van der Waals surface area (Å²) >= 11 is 0. The van der Waals surface area contributed by atoms with E-state index in [-0.39, 0.29) is 24.3 Å². The molecule has 0 bridgehead atoms. The molecule has 6 heteroatoms. The Morgan fingerprint density at radius 3 is 2.64 bits per heavy atom. The lowest BCUT2D eigenvalue weighted by atomic mass is 9.93. The van der Waals surface area contributed by atoms with E-state index < -0.39 is 0 Å². The number of piperazine rings is 1. The topological polar surface area (TPSA) is 52.7 Å². The van der Waals surface area contributed by atoms with Crippen molar-refractivity contribution in [2.24, 2.45) is 0 Å². The van der Waals surface area contributed by atoms with Gasteiger partial charge in [-0.2, -0.15) is 0 Å². The molecule has 0 atom stereocenters. The molecule has 1 aliphatic carbocycles. The van der Waals surface area contributed by atoms with Gasteiger partial charge in [0.1, 0.15) is 12.4 Å². The number of hydrogen-bond donors (Lipinski definition) is 1. The zero-order valence-corrected chi connectivity index (χ0v) is 14.5. The fourth-order valence-electron chi connectivity index (χ4n) is 3.76. The second-order valence-electron chi connectivity index (χ2n) is 6.87. The van der Waals surface area contributed by atoms with Crippen LogP contribution >= 0.6 is 0 Å². The van der Waals surface area contributed by atoms with Crippen LogP contribution in [0.4, 0.5) is 9.18 Å². The van der Waals surface area contributed by atoms with Crippen molar-refractivity contribution in [3.05, 3.63) is 35.6 Å². The first kappa shape index (κ1) is 17.7. The quantitative estimate of drug-likeness (QED) is 0.910. The number of amides is 3. The van der Waals surface area contributed by atoms with Gasteiger partial charge >= 0.3 is 6.03 Å². The van der Waals surface area contributed by atoms with E-state index in [1.54, 1.807) is 23.1 Å². The van der Waals surface area contributed by atoms with Gasteiger partial charge in [0.25, 0.3) is 0 Å². The van der Waals surface area contributed by atoms with Gasteiger partial charge in [-0.3, -0.25) is 4.79 Å². The third-order valence-corrected chi connectivity index (χ3v) is 5.19. The summed E-state index contributed by atoms with van der Waals surface area (Å²) < 4.78 is 13.6. The predicted molar refractivity (Wildman–Crippen MR) is 93.7 cm³/mol. The van der Waals surface area contributed by atoms with Crippen LogP contribution in [0.25, 0.3) is 0 Å². The molecule has 5 nitrogen and oxygen atoms in total. The van der Waals surface area contributed by atoms with Gasteiger partial charge in [-0.25, -0.2) is 9.18 Å². The minimum atomic E-state index is -0.256. The number of benzene rings is 1. The van der Waals surface area contributed by atoms with Crippen LogP contribution in [0.1, 0.15) is 37.7 Å². The molecule has 1 saturated carbocycles. The van der Waals surface area contributed by atoms with Gasteiger partial charge in [-0.1, -0.05) is 37.5 Å². The Hall–Kier alpha value is -2.11. The van der Waals surface area contributed by atoms with Crippen LogP contribution in [0.2, 0.25) is 0 Å². The van der Waals surface area contributed by atoms with Crippen molar-refractivity contribution in [3.63, 3.8) is 0 Å². The van der Waals surface area contributed by atoms with Crippen LogP contribution in [0, 0.1) is 5.82 Å². The van der Waals surface area contributed by atoms with Crippen molar-refractivity contribution < 1.29 is 14.0 Å². The van der Waals surface area contributed by atoms with Gasteiger partial charge in [-0.05, 0) is 30.9 Å². The molecule has 1 saturated heterocycles. The molecule has 1 aromatic carbocycles. The third-order valence-electron chi connectivity index (χ3n) is 5.19. The summed E-state index contributed by atoms with van der Waals surface area (Å²) in [6.45, 7) is 1.68. The van der Waals surface area contributed by atoms with Crippen molar-refractivity contribution in [1.29, 1.82) is 0 Å². The first-order valence-corrected chi connectivity index (χ1v) is 9.21. The Bertz CT molecular complexity index is 616. The Balaban J connectivity index is 1.44. The minimum Gasteiger partial charge on any atom is -0.338 e. The first-order valence-electron chi connectivity index (χ1n) is 9.21. The van der Waals surface area contributed by atoms with Crippen LogP contribution in [-0.2, 0) is 11.2 Å². The summed E-state index contributed by atoms with van der Waals surface area (Å²) in [5.41, 5.74) is 0.584. The molecule has 2 fully saturated rings. The highest BCUT2D eigenvalue weighted by Crippen LogP contribution is 2.24. The van der Waals surface area contributed by atoms with E-state index in [2.05, 4.69) is 5.32 Å². The lowest BCUT2D eigenvalue weighted by molar-refractivity contribution is -0.138. The highest BCUT2D eigenvalue weighted by Gasteiger charge is 2.32. The molecular formula is C19H26FN3O2. The summed E-state index contributed by atoms with van der Waals surface area (Å²) in [4.78, 5) is 28.2. The lowest BCUT2D eigenvalue weighted by Crippen LogP contribution is -2.57. The van der Waals surface area contributed by atoms with E-state index >= 15 is 0 Å². The monoisotopic (exact) mass is 347 g/mol. The molecule has 25 heavy (non-hydrogen) atoms. The zero-order valence-electron chi connectivity index (χ0n) is 14.5. The van der Waals surface area contributed by atoms with E-state index in [1.807, 2.05) is 4.90 Å². The van der Waals surface area contributed by atoms with E-state index in [1.165, 1.54) is 25.3 Å². The zero-order chi connectivity index (χ0) is 17.6. The van der Waals surface area contributed by atoms with Gasteiger partial charge in [0.05, 0.1) is 0 Å². The highest BCUT2D eigenvalue weighted by atomic mass is 19.1. The summed E-state index contributed by atoms with van der Waals surface area (Å²) in [5, 5.41) is 2.79. The van der Waals surface area contributed by atoms with E-state index in [0.29, 0.717) is 37.7 Å². The number of nitrogens with one attached hydrogen (secondary N) is 1. The molecule has 1 heterocycles. The Morgan fingerprint density at radius 1 is 1.16 bits per heavy atom. The fourth-order valence-corrected chi connectivity index (χ4v) is 3.76. The summed E-state index contributed by atoms with van der Waals surface area (Å²) in [6, 6.07) is 6.67. The molecular weight excluding hydrogens is 321 g/mol. The average molecular weight is 347 g/mol. The number of halogens is 1. The maximum absolute atomic E-state index is 13.6. The highest BCUT2D eigenvalue weighted by molar-refractivity contribution is 5.85. The van der Waals surface area contributed by atoms with Gasteiger partial charge in [0, 0.05) is 25.7 Å². The number of hydrogen-bond acceptors (Lipinski definition) is 2. The van der Waals surface area contributed by atoms with Crippen LogP contribution in [0.15, 0.2) is 24.3 Å². The van der Waals surface area contributed by atoms with E-state index in [4.69, 9.17) is 0 Å². The molecule has 0 spiro atoms. The summed E-state index contributed by atoms with van der Waals surface area (Å²) in [7, 11) is 0. The number of nitrogens with zero attached hydrogens (tertiary/aromatic N) is 2. The Labute approximate surface area is 148 Å². The van der Waals surface area contributed by atoms with Crippen LogP contribution < -0.4 is 5.32 Å². The summed E-state index contributed by atoms with van der Waals surface area (Å²) in [6.07, 6.45) is 6.24. The maximum atomic E-state index is 13.6. The van der Waals surface area contributed by atoms with E-state index in [9.17, 15) is 14.0 Å². The summed E-state index contributed by atoms with van der Waals surface area (Å²) in [5.74, 6) is -0.213. The van der Waals surface area contributed by atoms with E-state index in [0.717, 1.165) is 12.8 Å². The van der Waals surface area contributed by atoms with Gasteiger partial charge in [0.15, 0.2) is 0 Å². The van der Waals surface area contributed by atoms with Crippen LogP contribution in [0.3, 0.4) is 0 Å². The van der Waals surface area contributed by atoms with Crippen molar-refractivity contribution in [1.82, 2.24) is 15.1 Å². The molecule has 0 radical (unpaired) electrons. The number of rotatable bonds is 4. The molecule has 0 unspecified atom stereocenters. The first-order chi connectivity index (χ1) is 12.1.